The van der Waals surface area contributed by atoms with Crippen LogP contribution in [0, 0.1) is 17.2 Å². The molecule has 0 amide bonds. The molecule has 0 radical (unpaired) electrons. The minimum atomic E-state index is -3.83. The number of hydrogen-bond donors (Lipinski definition) is 1. The van der Waals surface area contributed by atoms with E-state index in [0.717, 1.165) is 0 Å². The van der Waals surface area contributed by atoms with E-state index in [4.69, 9.17) is 34.2 Å². The van der Waals surface area contributed by atoms with Crippen LogP contribution >= 0.6 is 23.2 Å². The molecular weight excluding hydrogens is 333 g/mol. The SMILES string of the molecule is CC(C)CN(CCC#N)S(=O)(=O)c1ccc(Cl)c(N)c1Cl. The number of nitrogen functional groups attached to an aromatic ring is 1. The lowest BCUT2D eigenvalue weighted by atomic mass is 10.2. The monoisotopic (exact) mass is 349 g/mol. The fraction of sp³-hybridized carbons (Fsp3) is 0.462. The molecule has 1 rings (SSSR count). The van der Waals surface area contributed by atoms with Gasteiger partial charge < -0.3 is 5.73 Å². The van der Waals surface area contributed by atoms with Crippen LogP contribution in [0.3, 0.4) is 0 Å². The number of nitrogens with zero attached hydrogens (tertiary/aromatic N) is 2. The van der Waals surface area contributed by atoms with Crippen LogP contribution < -0.4 is 5.73 Å². The second-order valence-electron chi connectivity index (χ2n) is 4.94. The molecule has 5 nitrogen and oxygen atoms in total. The largest absolute Gasteiger partial charge is 0.396 e. The third-order valence-electron chi connectivity index (χ3n) is 2.75. The Hall–Kier alpha value is -1.00. The highest BCUT2D eigenvalue weighted by molar-refractivity contribution is 7.89. The zero-order valence-electron chi connectivity index (χ0n) is 11.8. The number of sulfonamides is 1. The van der Waals surface area contributed by atoms with Crippen LogP contribution in [0.1, 0.15) is 20.3 Å². The molecule has 1 aromatic rings. The van der Waals surface area contributed by atoms with E-state index in [1.54, 1.807) is 0 Å². The Kier molecular flexibility index (Phi) is 6.29. The van der Waals surface area contributed by atoms with Gasteiger partial charge in [0.05, 0.1) is 21.8 Å². The molecule has 0 aromatic heterocycles. The first-order chi connectivity index (χ1) is 9.71. The molecule has 0 aliphatic heterocycles. The van der Waals surface area contributed by atoms with Crippen molar-refractivity contribution in [3.63, 3.8) is 0 Å². The molecule has 0 aliphatic carbocycles. The van der Waals surface area contributed by atoms with Gasteiger partial charge in [0.1, 0.15) is 4.90 Å². The summed E-state index contributed by atoms with van der Waals surface area (Å²) in [6.07, 6.45) is 0.104. The molecule has 2 N–H and O–H groups in total. The number of halogens is 2. The molecule has 8 heteroatoms. The van der Waals surface area contributed by atoms with Gasteiger partial charge in [-0.1, -0.05) is 37.0 Å². The summed E-state index contributed by atoms with van der Waals surface area (Å²) in [5.74, 6) is 0.113. The summed E-state index contributed by atoms with van der Waals surface area (Å²) in [7, 11) is -3.83. The normalized spacial score (nSPS) is 11.9. The fourth-order valence-electron chi connectivity index (χ4n) is 1.78. The summed E-state index contributed by atoms with van der Waals surface area (Å²) >= 11 is 11.8. The van der Waals surface area contributed by atoms with E-state index >= 15 is 0 Å². The summed E-state index contributed by atoms with van der Waals surface area (Å²) < 4.78 is 26.6. The molecule has 0 unspecified atom stereocenters. The minimum absolute atomic E-state index is 0.0317. The summed E-state index contributed by atoms with van der Waals surface area (Å²) in [6.45, 7) is 4.19. The van der Waals surface area contributed by atoms with E-state index < -0.39 is 10.0 Å². The molecule has 1 aromatic carbocycles. The van der Waals surface area contributed by atoms with Gasteiger partial charge in [0.2, 0.25) is 10.0 Å². The van der Waals surface area contributed by atoms with Gasteiger partial charge in [-0.3, -0.25) is 0 Å². The van der Waals surface area contributed by atoms with Crippen molar-refractivity contribution in [3.8, 4) is 6.07 Å². The van der Waals surface area contributed by atoms with Crippen molar-refractivity contribution in [2.45, 2.75) is 25.2 Å². The Bertz CT molecular complexity index is 654. The maximum absolute atomic E-state index is 12.7. The van der Waals surface area contributed by atoms with Crippen molar-refractivity contribution in [1.82, 2.24) is 4.31 Å². The zero-order valence-corrected chi connectivity index (χ0v) is 14.1. The van der Waals surface area contributed by atoms with Gasteiger partial charge in [0.15, 0.2) is 0 Å². The Morgan fingerprint density at radius 3 is 2.52 bits per heavy atom. The van der Waals surface area contributed by atoms with Crippen molar-refractivity contribution in [2.75, 3.05) is 18.8 Å². The number of nitrogens with two attached hydrogens (primary N) is 1. The van der Waals surface area contributed by atoms with Gasteiger partial charge >= 0.3 is 0 Å². The maximum atomic E-state index is 12.7. The molecule has 0 heterocycles. The number of rotatable bonds is 6. The lowest BCUT2D eigenvalue weighted by Gasteiger charge is -2.24. The molecule has 0 bridgehead atoms. The molecule has 0 fully saturated rings. The summed E-state index contributed by atoms with van der Waals surface area (Å²) in [4.78, 5) is -0.0929. The smallest absolute Gasteiger partial charge is 0.244 e. The van der Waals surface area contributed by atoms with Gasteiger partial charge in [0.25, 0.3) is 0 Å². The van der Waals surface area contributed by atoms with Gasteiger partial charge in [-0.15, -0.1) is 0 Å². The maximum Gasteiger partial charge on any atom is 0.244 e. The van der Waals surface area contributed by atoms with Crippen LogP contribution in [0.15, 0.2) is 17.0 Å². The fourth-order valence-corrected chi connectivity index (χ4v) is 4.12. The van der Waals surface area contributed by atoms with Crippen molar-refractivity contribution in [3.05, 3.63) is 22.2 Å². The molecule has 0 spiro atoms. The first kappa shape index (κ1) is 18.1. The van der Waals surface area contributed by atoms with Gasteiger partial charge in [-0.25, -0.2) is 8.42 Å². The van der Waals surface area contributed by atoms with Crippen molar-refractivity contribution >= 4 is 38.9 Å². The lowest BCUT2D eigenvalue weighted by Crippen LogP contribution is -2.35. The molecule has 0 saturated carbocycles. The van der Waals surface area contributed by atoms with Gasteiger partial charge in [-0.05, 0) is 18.1 Å². The first-order valence-corrected chi connectivity index (χ1v) is 8.52. The predicted molar refractivity (Wildman–Crippen MR) is 84.7 cm³/mol. The first-order valence-electron chi connectivity index (χ1n) is 6.32. The summed E-state index contributed by atoms with van der Waals surface area (Å²) in [6, 6.07) is 4.67. The van der Waals surface area contributed by atoms with Crippen LogP contribution in [0.5, 0.6) is 0 Å². The van der Waals surface area contributed by atoms with E-state index in [1.165, 1.54) is 16.4 Å². The third kappa shape index (κ3) is 4.24. The summed E-state index contributed by atoms with van der Waals surface area (Å²) in [5, 5.41) is 8.80. The molecule has 0 saturated heterocycles. The highest BCUT2D eigenvalue weighted by atomic mass is 35.5. The van der Waals surface area contributed by atoms with E-state index in [2.05, 4.69) is 0 Å². The number of nitriles is 1. The third-order valence-corrected chi connectivity index (χ3v) is 5.51. The van der Waals surface area contributed by atoms with Crippen molar-refractivity contribution in [2.24, 2.45) is 5.92 Å². The lowest BCUT2D eigenvalue weighted by molar-refractivity contribution is 0.373. The number of anilines is 1. The van der Waals surface area contributed by atoms with E-state index in [0.29, 0.717) is 6.54 Å². The molecule has 21 heavy (non-hydrogen) atoms. The van der Waals surface area contributed by atoms with Gasteiger partial charge in [-0.2, -0.15) is 9.57 Å². The van der Waals surface area contributed by atoms with Crippen LogP contribution in [0.25, 0.3) is 0 Å². The second-order valence-corrected chi connectivity index (χ2v) is 7.63. The van der Waals surface area contributed by atoms with Crippen LogP contribution in [-0.4, -0.2) is 25.8 Å². The summed E-state index contributed by atoms with van der Waals surface area (Å²) in [5.41, 5.74) is 5.71. The second kappa shape index (κ2) is 7.32. The average Bonchev–Trinajstić information content (AvgIpc) is 2.40. The quantitative estimate of drug-likeness (QED) is 0.799. The average molecular weight is 350 g/mol. The highest BCUT2D eigenvalue weighted by Gasteiger charge is 2.28. The Balaban J connectivity index is 3.29. The van der Waals surface area contributed by atoms with Crippen molar-refractivity contribution in [1.29, 1.82) is 5.26 Å². The predicted octanol–water partition coefficient (Wildman–Crippen LogP) is 3.14. The number of benzene rings is 1. The van der Waals surface area contributed by atoms with E-state index in [9.17, 15) is 8.42 Å². The molecular formula is C13H17Cl2N3O2S. The molecule has 0 atom stereocenters. The highest BCUT2D eigenvalue weighted by Crippen LogP contribution is 2.34. The Labute approximate surface area is 135 Å². The zero-order chi connectivity index (χ0) is 16.2. The molecule has 116 valence electrons. The van der Waals surface area contributed by atoms with Crippen LogP contribution in [0.4, 0.5) is 5.69 Å². The van der Waals surface area contributed by atoms with Crippen LogP contribution in [-0.2, 0) is 10.0 Å². The molecule has 0 aliphatic rings. The van der Waals surface area contributed by atoms with Crippen molar-refractivity contribution < 1.29 is 8.42 Å². The van der Waals surface area contributed by atoms with E-state index in [-0.39, 0.29) is 39.5 Å². The topological polar surface area (TPSA) is 87.2 Å². The van der Waals surface area contributed by atoms with Crippen LogP contribution in [0.2, 0.25) is 10.0 Å². The van der Waals surface area contributed by atoms with Gasteiger partial charge in [0, 0.05) is 19.5 Å². The Morgan fingerprint density at radius 2 is 2.00 bits per heavy atom. The number of hydrogen-bond acceptors (Lipinski definition) is 4. The van der Waals surface area contributed by atoms with E-state index in [1.807, 2.05) is 19.9 Å². The standard InChI is InChI=1S/C13H17Cl2N3O2S/c1-9(2)8-18(7-3-6-16)21(19,20)11-5-4-10(14)13(17)12(11)15/h4-5,9H,3,7-8,17H2,1-2H3. The minimum Gasteiger partial charge on any atom is -0.396 e. The Morgan fingerprint density at radius 1 is 1.38 bits per heavy atom.